The number of anilines is 1. The Labute approximate surface area is 221 Å². The summed E-state index contributed by atoms with van der Waals surface area (Å²) < 4.78 is 11.3. The van der Waals surface area contributed by atoms with Gasteiger partial charge in [0.15, 0.2) is 11.5 Å². The fourth-order valence-corrected chi connectivity index (χ4v) is 3.58. The van der Waals surface area contributed by atoms with Gasteiger partial charge in [0.05, 0.1) is 22.9 Å². The van der Waals surface area contributed by atoms with Crippen LogP contribution >= 0.6 is 46.4 Å². The van der Waals surface area contributed by atoms with Gasteiger partial charge >= 0.3 is 11.8 Å². The first-order chi connectivity index (χ1) is 16.7. The van der Waals surface area contributed by atoms with E-state index in [1.165, 1.54) is 25.3 Å². The van der Waals surface area contributed by atoms with E-state index in [2.05, 4.69) is 15.8 Å². The fourth-order valence-electron chi connectivity index (χ4n) is 2.82. The number of hydrogen-bond donors (Lipinski definition) is 2. The largest absolute Gasteiger partial charge is 0.493 e. The SMILES string of the molecule is COc1cc(C(C)=NNC(=O)C(=O)Nc2ccc(Cl)c(Cl)c2)ccc1OCc1ccc(Cl)cc1Cl. The summed E-state index contributed by atoms with van der Waals surface area (Å²) in [6.07, 6.45) is 0. The number of benzene rings is 3. The van der Waals surface area contributed by atoms with Crippen LogP contribution in [-0.2, 0) is 16.2 Å². The summed E-state index contributed by atoms with van der Waals surface area (Å²) in [5, 5.41) is 8.01. The molecule has 0 saturated carbocycles. The number of rotatable bonds is 7. The number of nitrogens with one attached hydrogen (secondary N) is 2. The van der Waals surface area contributed by atoms with E-state index in [9.17, 15) is 9.59 Å². The molecule has 0 aliphatic rings. The summed E-state index contributed by atoms with van der Waals surface area (Å²) in [5.74, 6) is -0.935. The van der Waals surface area contributed by atoms with Gasteiger partial charge in [-0.25, -0.2) is 5.43 Å². The van der Waals surface area contributed by atoms with Crippen LogP contribution in [0.5, 0.6) is 11.5 Å². The zero-order valence-corrected chi connectivity index (χ0v) is 21.5. The maximum Gasteiger partial charge on any atom is 0.329 e. The van der Waals surface area contributed by atoms with E-state index in [1.54, 1.807) is 43.3 Å². The number of ether oxygens (including phenoxy) is 2. The normalized spacial score (nSPS) is 11.1. The monoisotopic (exact) mass is 553 g/mol. The molecular formula is C24H19Cl4N3O4. The summed E-state index contributed by atoms with van der Waals surface area (Å²) >= 11 is 23.9. The minimum atomic E-state index is -0.956. The molecule has 0 atom stereocenters. The molecule has 0 spiro atoms. The van der Waals surface area contributed by atoms with Gasteiger partial charge < -0.3 is 14.8 Å². The second-order valence-electron chi connectivity index (χ2n) is 7.11. The van der Waals surface area contributed by atoms with Gasteiger partial charge in [0.1, 0.15) is 6.61 Å². The summed E-state index contributed by atoms with van der Waals surface area (Å²) in [6.45, 7) is 1.88. The highest BCUT2D eigenvalue weighted by molar-refractivity contribution is 6.43. The lowest BCUT2D eigenvalue weighted by Gasteiger charge is -2.13. The first-order valence-electron chi connectivity index (χ1n) is 10.0. The highest BCUT2D eigenvalue weighted by Gasteiger charge is 2.15. The van der Waals surface area contributed by atoms with Crippen molar-refractivity contribution in [3.05, 3.63) is 85.8 Å². The average Bonchev–Trinajstić information content (AvgIpc) is 2.83. The van der Waals surface area contributed by atoms with Crippen molar-refractivity contribution >= 4 is 69.6 Å². The van der Waals surface area contributed by atoms with E-state index in [0.717, 1.165) is 5.56 Å². The molecule has 3 aromatic carbocycles. The number of carbonyl (C=O) groups excluding carboxylic acids is 2. The lowest BCUT2D eigenvalue weighted by molar-refractivity contribution is -0.136. The molecule has 11 heteroatoms. The van der Waals surface area contributed by atoms with Gasteiger partial charge in [-0.2, -0.15) is 5.10 Å². The molecular weight excluding hydrogens is 536 g/mol. The molecule has 35 heavy (non-hydrogen) atoms. The van der Waals surface area contributed by atoms with Crippen molar-refractivity contribution in [2.45, 2.75) is 13.5 Å². The van der Waals surface area contributed by atoms with Crippen molar-refractivity contribution < 1.29 is 19.1 Å². The molecule has 0 fully saturated rings. The highest BCUT2D eigenvalue weighted by Crippen LogP contribution is 2.30. The number of hydrazone groups is 1. The number of hydrogen-bond acceptors (Lipinski definition) is 5. The van der Waals surface area contributed by atoms with E-state index < -0.39 is 11.8 Å². The second-order valence-corrected chi connectivity index (χ2v) is 8.77. The Balaban J connectivity index is 1.64. The van der Waals surface area contributed by atoms with Crippen LogP contribution < -0.4 is 20.2 Å². The zero-order valence-electron chi connectivity index (χ0n) is 18.5. The Bertz CT molecular complexity index is 1300. The van der Waals surface area contributed by atoms with Gasteiger partial charge in [0, 0.05) is 26.9 Å². The van der Waals surface area contributed by atoms with Crippen molar-refractivity contribution in [2.24, 2.45) is 5.10 Å². The topological polar surface area (TPSA) is 89.0 Å². The predicted molar refractivity (Wildman–Crippen MR) is 139 cm³/mol. The van der Waals surface area contributed by atoms with E-state index >= 15 is 0 Å². The maximum atomic E-state index is 12.1. The molecule has 182 valence electrons. The molecule has 0 saturated heterocycles. The lowest BCUT2D eigenvalue weighted by Crippen LogP contribution is -2.32. The molecule has 0 unspecified atom stereocenters. The molecule has 0 aromatic heterocycles. The number of methoxy groups -OCH3 is 1. The van der Waals surface area contributed by atoms with Crippen molar-refractivity contribution in [3.8, 4) is 11.5 Å². The molecule has 7 nitrogen and oxygen atoms in total. The maximum absolute atomic E-state index is 12.1. The van der Waals surface area contributed by atoms with Crippen molar-refractivity contribution in [1.82, 2.24) is 5.43 Å². The van der Waals surface area contributed by atoms with E-state index in [-0.39, 0.29) is 11.6 Å². The van der Waals surface area contributed by atoms with Gasteiger partial charge in [0.25, 0.3) is 0 Å². The first kappa shape index (κ1) is 26.6. The molecule has 0 bridgehead atoms. The minimum absolute atomic E-state index is 0.211. The van der Waals surface area contributed by atoms with E-state index in [4.69, 9.17) is 55.9 Å². The number of amides is 2. The van der Waals surface area contributed by atoms with Crippen LogP contribution in [0.1, 0.15) is 18.1 Å². The second kappa shape index (κ2) is 12.1. The van der Waals surface area contributed by atoms with Gasteiger partial charge in [-0.1, -0.05) is 52.5 Å². The average molecular weight is 555 g/mol. The van der Waals surface area contributed by atoms with Gasteiger partial charge in [-0.15, -0.1) is 0 Å². The number of carbonyl (C=O) groups is 2. The Kier molecular flexibility index (Phi) is 9.23. The van der Waals surface area contributed by atoms with Crippen LogP contribution in [0.3, 0.4) is 0 Å². The Morgan fingerprint density at radius 3 is 2.31 bits per heavy atom. The molecule has 3 rings (SSSR count). The smallest absolute Gasteiger partial charge is 0.329 e. The highest BCUT2D eigenvalue weighted by atomic mass is 35.5. The molecule has 0 aliphatic heterocycles. The number of halogens is 4. The lowest BCUT2D eigenvalue weighted by atomic mass is 10.1. The van der Waals surface area contributed by atoms with Crippen LogP contribution in [-0.4, -0.2) is 24.6 Å². The summed E-state index contributed by atoms with van der Waals surface area (Å²) in [6, 6.07) is 14.7. The minimum Gasteiger partial charge on any atom is -0.493 e. The molecule has 0 heterocycles. The molecule has 3 aromatic rings. The van der Waals surface area contributed by atoms with Crippen molar-refractivity contribution in [2.75, 3.05) is 12.4 Å². The van der Waals surface area contributed by atoms with E-state index in [0.29, 0.717) is 43.5 Å². The number of nitrogens with zero attached hydrogens (tertiary/aromatic N) is 1. The van der Waals surface area contributed by atoms with Crippen molar-refractivity contribution in [1.29, 1.82) is 0 Å². The third-order valence-corrected chi connectivity index (χ3v) is 6.01. The Morgan fingerprint density at radius 2 is 1.63 bits per heavy atom. The molecule has 2 N–H and O–H groups in total. The molecule has 0 aliphatic carbocycles. The van der Waals surface area contributed by atoms with Crippen LogP contribution in [0.2, 0.25) is 20.1 Å². The van der Waals surface area contributed by atoms with E-state index in [1.807, 2.05) is 0 Å². The van der Waals surface area contributed by atoms with Crippen LogP contribution in [0.15, 0.2) is 59.7 Å². The zero-order chi connectivity index (χ0) is 25.5. The van der Waals surface area contributed by atoms with Gasteiger partial charge in [-0.05, 0) is 55.5 Å². The predicted octanol–water partition coefficient (Wildman–Crippen LogP) is 6.37. The van der Waals surface area contributed by atoms with Gasteiger partial charge in [0.2, 0.25) is 0 Å². The van der Waals surface area contributed by atoms with Crippen LogP contribution in [0.4, 0.5) is 5.69 Å². The molecule has 0 radical (unpaired) electrons. The Morgan fingerprint density at radius 1 is 0.857 bits per heavy atom. The Hall–Kier alpha value is -2.97. The molecule has 2 amide bonds. The standard InChI is InChI=1S/C24H19Cl4N3O4/c1-13(30-31-24(33)23(32)29-17-6-7-18(26)20(28)11-17)14-4-8-21(22(9-14)34-2)35-12-15-3-5-16(25)10-19(15)27/h3-11H,12H2,1-2H3,(H,29,32)(H,31,33). The third-order valence-electron chi connectivity index (χ3n) is 4.69. The first-order valence-corrected chi connectivity index (χ1v) is 11.5. The third kappa shape index (κ3) is 7.26. The van der Waals surface area contributed by atoms with Crippen LogP contribution in [0.25, 0.3) is 0 Å². The fraction of sp³-hybridized carbons (Fsp3) is 0.125. The van der Waals surface area contributed by atoms with Crippen LogP contribution in [0, 0.1) is 0 Å². The summed E-state index contributed by atoms with van der Waals surface area (Å²) in [4.78, 5) is 24.2. The van der Waals surface area contributed by atoms with Crippen molar-refractivity contribution in [3.63, 3.8) is 0 Å². The summed E-state index contributed by atoms with van der Waals surface area (Å²) in [5.41, 5.74) is 4.38. The van der Waals surface area contributed by atoms with Gasteiger partial charge in [-0.3, -0.25) is 9.59 Å². The quantitative estimate of drug-likeness (QED) is 0.202. The summed E-state index contributed by atoms with van der Waals surface area (Å²) in [7, 11) is 1.50.